The van der Waals surface area contributed by atoms with Gasteiger partial charge < -0.3 is 5.32 Å². The second kappa shape index (κ2) is 6.17. The largest absolute Gasteiger partial charge is 0.350 e. The summed E-state index contributed by atoms with van der Waals surface area (Å²) in [5.74, 6) is 0.343. The minimum absolute atomic E-state index is 0.0639. The number of alkyl halides is 1. The lowest BCUT2D eigenvalue weighted by atomic mass is 10.1. The number of halogens is 1. The summed E-state index contributed by atoms with van der Waals surface area (Å²) in [6, 6.07) is 7.60. The Labute approximate surface area is 121 Å². The number of nitrogens with zero attached hydrogens (tertiary/aromatic N) is 1. The van der Waals surface area contributed by atoms with Crippen LogP contribution in [0.15, 0.2) is 29.6 Å². The summed E-state index contributed by atoms with van der Waals surface area (Å²) in [6.07, 6.45) is 0. The number of benzene rings is 1. The molecule has 1 aromatic heterocycles. The van der Waals surface area contributed by atoms with E-state index in [1.807, 2.05) is 37.4 Å². The van der Waals surface area contributed by atoms with Crippen LogP contribution in [0.3, 0.4) is 0 Å². The second-order valence-electron chi connectivity index (χ2n) is 4.49. The van der Waals surface area contributed by atoms with Crippen molar-refractivity contribution >= 4 is 28.8 Å². The first-order valence-electron chi connectivity index (χ1n) is 6.02. The molecule has 1 N–H and O–H groups in total. The molecule has 19 heavy (non-hydrogen) atoms. The van der Waals surface area contributed by atoms with Crippen LogP contribution < -0.4 is 5.32 Å². The maximum atomic E-state index is 12.0. The van der Waals surface area contributed by atoms with E-state index in [0.29, 0.717) is 11.4 Å². The van der Waals surface area contributed by atoms with Crippen LogP contribution in [0.25, 0.3) is 10.6 Å². The van der Waals surface area contributed by atoms with Crippen molar-refractivity contribution in [2.24, 2.45) is 0 Å². The smallest absolute Gasteiger partial charge is 0.251 e. The van der Waals surface area contributed by atoms with Crippen molar-refractivity contribution in [2.45, 2.75) is 25.8 Å². The number of hydrogen-bond acceptors (Lipinski definition) is 3. The van der Waals surface area contributed by atoms with E-state index in [4.69, 9.17) is 11.6 Å². The zero-order chi connectivity index (χ0) is 13.8. The number of hydrogen-bond donors (Lipinski definition) is 1. The number of nitrogens with one attached hydrogen (secondary N) is 1. The van der Waals surface area contributed by atoms with E-state index >= 15 is 0 Å². The molecule has 1 heterocycles. The number of rotatable bonds is 4. The molecule has 0 radical (unpaired) electrons. The van der Waals surface area contributed by atoms with Crippen molar-refractivity contribution in [1.82, 2.24) is 10.3 Å². The molecule has 0 aliphatic heterocycles. The van der Waals surface area contributed by atoms with Crippen LogP contribution in [-0.2, 0) is 5.88 Å². The Morgan fingerprint density at radius 3 is 2.89 bits per heavy atom. The Balaban J connectivity index is 2.26. The van der Waals surface area contributed by atoms with Gasteiger partial charge in [-0.3, -0.25) is 4.79 Å². The topological polar surface area (TPSA) is 42.0 Å². The number of aromatic nitrogens is 1. The van der Waals surface area contributed by atoms with Crippen LogP contribution in [0.5, 0.6) is 0 Å². The number of amides is 1. The van der Waals surface area contributed by atoms with Crippen molar-refractivity contribution in [3.8, 4) is 10.6 Å². The van der Waals surface area contributed by atoms with Crippen LogP contribution in [-0.4, -0.2) is 16.9 Å². The van der Waals surface area contributed by atoms with Crippen LogP contribution in [0.1, 0.15) is 29.9 Å². The fourth-order valence-electron chi connectivity index (χ4n) is 1.64. The van der Waals surface area contributed by atoms with E-state index < -0.39 is 0 Å². The SMILES string of the molecule is CC(C)NC(=O)c1cccc(-c2nc(CCl)cs2)c1. The van der Waals surface area contributed by atoms with Gasteiger partial charge in [-0.25, -0.2) is 4.98 Å². The van der Waals surface area contributed by atoms with E-state index in [2.05, 4.69) is 10.3 Å². The summed E-state index contributed by atoms with van der Waals surface area (Å²) in [6.45, 7) is 3.88. The maximum absolute atomic E-state index is 12.0. The molecule has 0 aliphatic rings. The average Bonchev–Trinajstić information content (AvgIpc) is 2.87. The molecular formula is C14H15ClN2OS. The van der Waals surface area contributed by atoms with Gasteiger partial charge in [0, 0.05) is 22.5 Å². The Bertz CT molecular complexity index is 580. The fraction of sp³-hybridized carbons (Fsp3) is 0.286. The number of carbonyl (C=O) groups is 1. The van der Waals surface area contributed by atoms with Crippen molar-refractivity contribution in [1.29, 1.82) is 0 Å². The van der Waals surface area contributed by atoms with Crippen LogP contribution in [0, 0.1) is 0 Å². The molecule has 2 aromatic rings. The molecular weight excluding hydrogens is 280 g/mol. The van der Waals surface area contributed by atoms with Gasteiger partial charge in [0.1, 0.15) is 5.01 Å². The van der Waals surface area contributed by atoms with Crippen LogP contribution >= 0.6 is 22.9 Å². The molecule has 0 aliphatic carbocycles. The molecule has 0 saturated heterocycles. The highest BCUT2D eigenvalue weighted by atomic mass is 35.5. The van der Waals surface area contributed by atoms with Crippen molar-refractivity contribution in [3.05, 3.63) is 40.9 Å². The Kier molecular flexibility index (Phi) is 4.56. The zero-order valence-electron chi connectivity index (χ0n) is 10.8. The molecule has 1 amide bonds. The average molecular weight is 295 g/mol. The summed E-state index contributed by atoms with van der Waals surface area (Å²) in [5.41, 5.74) is 2.45. The quantitative estimate of drug-likeness (QED) is 0.874. The summed E-state index contributed by atoms with van der Waals surface area (Å²) < 4.78 is 0. The lowest BCUT2D eigenvalue weighted by Gasteiger charge is -2.08. The van der Waals surface area contributed by atoms with Gasteiger partial charge in [-0.05, 0) is 26.0 Å². The Hall–Kier alpha value is -1.39. The highest BCUT2D eigenvalue weighted by molar-refractivity contribution is 7.13. The first-order valence-corrected chi connectivity index (χ1v) is 7.43. The lowest BCUT2D eigenvalue weighted by Crippen LogP contribution is -2.30. The van der Waals surface area contributed by atoms with Gasteiger partial charge in [0.25, 0.3) is 5.91 Å². The van der Waals surface area contributed by atoms with Crippen LogP contribution in [0.4, 0.5) is 0 Å². The van der Waals surface area contributed by atoms with Crippen molar-refractivity contribution < 1.29 is 4.79 Å². The third-order valence-electron chi connectivity index (χ3n) is 2.48. The third-order valence-corrected chi connectivity index (χ3v) is 3.69. The molecule has 0 bridgehead atoms. The zero-order valence-corrected chi connectivity index (χ0v) is 12.4. The monoisotopic (exact) mass is 294 g/mol. The third kappa shape index (κ3) is 3.55. The van der Waals surface area contributed by atoms with Gasteiger partial charge >= 0.3 is 0 Å². The highest BCUT2D eigenvalue weighted by Crippen LogP contribution is 2.25. The first kappa shape index (κ1) is 14.0. The predicted molar refractivity (Wildman–Crippen MR) is 79.7 cm³/mol. The normalized spacial score (nSPS) is 10.7. The van der Waals surface area contributed by atoms with Gasteiger partial charge in [-0.1, -0.05) is 12.1 Å². The summed E-state index contributed by atoms with van der Waals surface area (Å²) in [7, 11) is 0. The summed E-state index contributed by atoms with van der Waals surface area (Å²) in [5, 5.41) is 5.69. The Morgan fingerprint density at radius 2 is 2.26 bits per heavy atom. The van der Waals surface area contributed by atoms with Gasteiger partial charge in [0.15, 0.2) is 0 Å². The molecule has 0 unspecified atom stereocenters. The predicted octanol–water partition coefficient (Wildman–Crippen LogP) is 3.69. The molecule has 3 nitrogen and oxygen atoms in total. The van der Waals surface area contributed by atoms with Gasteiger partial charge in [0.05, 0.1) is 11.6 Å². The highest BCUT2D eigenvalue weighted by Gasteiger charge is 2.10. The van der Waals surface area contributed by atoms with Gasteiger partial charge in [0.2, 0.25) is 0 Å². The molecule has 0 spiro atoms. The Morgan fingerprint density at radius 1 is 1.47 bits per heavy atom. The molecule has 0 saturated carbocycles. The molecule has 5 heteroatoms. The molecule has 0 atom stereocenters. The van der Waals surface area contributed by atoms with E-state index in [9.17, 15) is 4.79 Å². The second-order valence-corrected chi connectivity index (χ2v) is 5.61. The first-order chi connectivity index (χ1) is 9.10. The molecule has 1 aromatic carbocycles. The van der Waals surface area contributed by atoms with E-state index in [-0.39, 0.29) is 11.9 Å². The van der Waals surface area contributed by atoms with E-state index in [1.54, 1.807) is 6.07 Å². The minimum atomic E-state index is -0.0639. The van der Waals surface area contributed by atoms with Gasteiger partial charge in [-0.2, -0.15) is 0 Å². The minimum Gasteiger partial charge on any atom is -0.350 e. The maximum Gasteiger partial charge on any atom is 0.251 e. The molecule has 0 fully saturated rings. The number of thiazole rings is 1. The summed E-state index contributed by atoms with van der Waals surface area (Å²) in [4.78, 5) is 16.4. The van der Waals surface area contributed by atoms with Crippen LogP contribution in [0.2, 0.25) is 0 Å². The molecule has 2 rings (SSSR count). The van der Waals surface area contributed by atoms with Crippen molar-refractivity contribution in [3.63, 3.8) is 0 Å². The fourth-order valence-corrected chi connectivity index (χ4v) is 2.69. The summed E-state index contributed by atoms with van der Waals surface area (Å²) >= 11 is 7.28. The molecule has 100 valence electrons. The van der Waals surface area contributed by atoms with Crippen molar-refractivity contribution in [2.75, 3.05) is 0 Å². The lowest BCUT2D eigenvalue weighted by molar-refractivity contribution is 0.0943. The standard InChI is InChI=1S/C14H15ClN2OS/c1-9(2)16-13(18)10-4-3-5-11(6-10)14-17-12(7-15)8-19-14/h3-6,8-9H,7H2,1-2H3,(H,16,18). The van der Waals surface area contributed by atoms with E-state index in [0.717, 1.165) is 16.3 Å². The number of carbonyl (C=O) groups excluding carboxylic acids is 1. The van der Waals surface area contributed by atoms with Gasteiger partial charge in [-0.15, -0.1) is 22.9 Å². The van der Waals surface area contributed by atoms with E-state index in [1.165, 1.54) is 11.3 Å².